The van der Waals surface area contributed by atoms with Gasteiger partial charge in [0.15, 0.2) is 0 Å². The average Bonchev–Trinajstić information content (AvgIpc) is 3.14. The Labute approximate surface area is 168 Å². The summed E-state index contributed by atoms with van der Waals surface area (Å²) < 4.78 is 27.3. The van der Waals surface area contributed by atoms with Gasteiger partial charge >= 0.3 is 0 Å². The Kier molecular flexibility index (Phi) is 6.54. The van der Waals surface area contributed by atoms with Crippen molar-refractivity contribution in [3.8, 4) is 0 Å². The molecule has 1 atom stereocenters. The minimum Gasteiger partial charge on any atom is -0.339 e. The fraction of sp³-hybridized carbons (Fsp3) is 0.389. The molecule has 6 nitrogen and oxygen atoms in total. The maximum absolute atomic E-state index is 12.6. The van der Waals surface area contributed by atoms with E-state index in [1.165, 1.54) is 10.4 Å². The number of hydrogen-bond acceptors (Lipinski definition) is 5. The molecule has 1 N–H and O–H groups in total. The molecule has 0 spiro atoms. The second-order valence-corrected chi connectivity index (χ2v) is 10.2. The largest absolute Gasteiger partial charge is 0.339 e. The van der Waals surface area contributed by atoms with Gasteiger partial charge in [0.2, 0.25) is 5.91 Å². The Balaban J connectivity index is 1.51. The van der Waals surface area contributed by atoms with Crippen molar-refractivity contribution < 1.29 is 13.2 Å². The molecule has 1 saturated heterocycles. The minimum absolute atomic E-state index is 0.0194. The molecule has 0 saturated carbocycles. The van der Waals surface area contributed by atoms with Crippen LogP contribution in [0.4, 0.5) is 0 Å². The molecule has 2 heterocycles. The first-order valence-corrected chi connectivity index (χ1v) is 11.3. The molecule has 27 heavy (non-hydrogen) atoms. The van der Waals surface area contributed by atoms with Gasteiger partial charge in [0.1, 0.15) is 4.21 Å². The maximum atomic E-state index is 12.6. The number of rotatable bonds is 6. The van der Waals surface area contributed by atoms with Gasteiger partial charge in [-0.2, -0.15) is 4.31 Å². The van der Waals surface area contributed by atoms with Crippen LogP contribution in [0, 0.1) is 0 Å². The predicted molar refractivity (Wildman–Crippen MR) is 108 cm³/mol. The quantitative estimate of drug-likeness (QED) is 0.769. The van der Waals surface area contributed by atoms with Crippen LogP contribution in [-0.2, 0) is 14.8 Å². The van der Waals surface area contributed by atoms with Crippen molar-refractivity contribution in [3.63, 3.8) is 0 Å². The first-order chi connectivity index (χ1) is 12.9. The van der Waals surface area contributed by atoms with Gasteiger partial charge in [-0.05, 0) is 24.6 Å². The number of nitrogens with one attached hydrogen (secondary N) is 1. The van der Waals surface area contributed by atoms with E-state index < -0.39 is 10.0 Å². The lowest BCUT2D eigenvalue weighted by Gasteiger charge is -2.34. The molecule has 2 aromatic rings. The van der Waals surface area contributed by atoms with E-state index in [1.54, 1.807) is 11.0 Å². The van der Waals surface area contributed by atoms with Gasteiger partial charge < -0.3 is 10.2 Å². The third kappa shape index (κ3) is 4.89. The molecule has 1 aromatic heterocycles. The summed E-state index contributed by atoms with van der Waals surface area (Å²) in [5.74, 6) is -0.0194. The summed E-state index contributed by atoms with van der Waals surface area (Å²) in [5.41, 5.74) is 1.12. The number of carbonyl (C=O) groups is 1. The zero-order chi connectivity index (χ0) is 19.4. The van der Waals surface area contributed by atoms with E-state index >= 15 is 0 Å². The molecule has 0 bridgehead atoms. The van der Waals surface area contributed by atoms with E-state index in [9.17, 15) is 13.2 Å². The maximum Gasteiger partial charge on any atom is 0.252 e. The topological polar surface area (TPSA) is 69.7 Å². The Morgan fingerprint density at radius 1 is 1.15 bits per heavy atom. The Bertz CT molecular complexity index is 878. The zero-order valence-corrected chi connectivity index (χ0v) is 17.4. The number of carbonyl (C=O) groups excluding carboxylic acids is 1. The number of thiophene rings is 1. The van der Waals surface area contributed by atoms with Crippen LogP contribution >= 0.6 is 22.9 Å². The molecule has 1 aliphatic rings. The second-order valence-electron chi connectivity index (χ2n) is 6.36. The van der Waals surface area contributed by atoms with Crippen molar-refractivity contribution in [1.29, 1.82) is 0 Å². The minimum atomic E-state index is -3.54. The highest BCUT2D eigenvalue weighted by atomic mass is 35.5. The van der Waals surface area contributed by atoms with Gasteiger partial charge in [0, 0.05) is 32.2 Å². The van der Waals surface area contributed by atoms with E-state index in [0.29, 0.717) is 17.4 Å². The highest BCUT2D eigenvalue weighted by molar-refractivity contribution is 7.91. The lowest BCUT2D eigenvalue weighted by atomic mass is 10.1. The standard InChI is InChI=1S/C18H22ClN3O3S2/c1-14(15-5-3-2-4-6-15)20-13-17(23)21-9-11-22(12-10-21)27(24,25)18-8-7-16(19)26-18/h2-8,14,20H,9-13H2,1H3. The van der Waals surface area contributed by atoms with Crippen molar-refractivity contribution in [1.82, 2.24) is 14.5 Å². The van der Waals surface area contributed by atoms with E-state index in [-0.39, 0.29) is 35.8 Å². The number of sulfonamides is 1. The van der Waals surface area contributed by atoms with Gasteiger partial charge in [-0.3, -0.25) is 4.79 Å². The molecule has 1 aliphatic heterocycles. The molecule has 0 aliphatic carbocycles. The van der Waals surface area contributed by atoms with Crippen molar-refractivity contribution in [2.75, 3.05) is 32.7 Å². The van der Waals surface area contributed by atoms with E-state index in [4.69, 9.17) is 11.6 Å². The molecular weight excluding hydrogens is 406 g/mol. The Morgan fingerprint density at radius 2 is 1.81 bits per heavy atom. The van der Waals surface area contributed by atoms with Gasteiger partial charge in [-0.25, -0.2) is 8.42 Å². The fourth-order valence-electron chi connectivity index (χ4n) is 2.95. The van der Waals surface area contributed by atoms with Gasteiger partial charge in [-0.1, -0.05) is 41.9 Å². The number of hydrogen-bond donors (Lipinski definition) is 1. The summed E-state index contributed by atoms with van der Waals surface area (Å²) in [5, 5.41) is 3.23. The Morgan fingerprint density at radius 3 is 2.41 bits per heavy atom. The van der Waals surface area contributed by atoms with Gasteiger partial charge in [-0.15, -0.1) is 11.3 Å². The Hall–Kier alpha value is -1.45. The van der Waals surface area contributed by atoms with Crippen LogP contribution in [0.5, 0.6) is 0 Å². The van der Waals surface area contributed by atoms with Crippen molar-refractivity contribution in [3.05, 3.63) is 52.4 Å². The molecule has 1 aromatic carbocycles. The fourth-order valence-corrected chi connectivity index (χ4v) is 6.01. The van der Waals surface area contributed by atoms with Gasteiger partial charge in [0.25, 0.3) is 10.0 Å². The number of halogens is 1. The lowest BCUT2D eigenvalue weighted by molar-refractivity contribution is -0.131. The SMILES string of the molecule is CC(NCC(=O)N1CCN(S(=O)(=O)c2ccc(Cl)s2)CC1)c1ccccc1. The molecule has 1 fully saturated rings. The molecule has 0 radical (unpaired) electrons. The van der Waals surface area contributed by atoms with Crippen LogP contribution in [0.25, 0.3) is 0 Å². The van der Waals surface area contributed by atoms with Crippen LogP contribution in [0.1, 0.15) is 18.5 Å². The summed E-state index contributed by atoms with van der Waals surface area (Å²) in [6, 6.07) is 13.1. The zero-order valence-electron chi connectivity index (χ0n) is 15.0. The van der Waals surface area contributed by atoms with E-state index in [0.717, 1.165) is 16.9 Å². The second kappa shape index (κ2) is 8.70. The number of nitrogens with zero attached hydrogens (tertiary/aromatic N) is 2. The van der Waals surface area contributed by atoms with Crippen LogP contribution < -0.4 is 5.32 Å². The number of piperazine rings is 1. The molecule has 1 amide bonds. The van der Waals surface area contributed by atoms with Crippen LogP contribution in [0.2, 0.25) is 4.34 Å². The first kappa shape index (κ1) is 20.3. The summed E-state index contributed by atoms with van der Waals surface area (Å²) in [4.78, 5) is 14.2. The molecular formula is C18H22ClN3O3S2. The van der Waals surface area contributed by atoms with Crippen molar-refractivity contribution in [2.24, 2.45) is 0 Å². The normalized spacial score (nSPS) is 17.0. The number of amides is 1. The number of benzene rings is 1. The van der Waals surface area contributed by atoms with Crippen molar-refractivity contribution in [2.45, 2.75) is 17.2 Å². The molecule has 3 rings (SSSR count). The van der Waals surface area contributed by atoms with Crippen LogP contribution in [-0.4, -0.2) is 56.3 Å². The third-order valence-electron chi connectivity index (χ3n) is 4.59. The summed E-state index contributed by atoms with van der Waals surface area (Å²) in [7, 11) is -3.54. The summed E-state index contributed by atoms with van der Waals surface area (Å²) >= 11 is 6.90. The van der Waals surface area contributed by atoms with Crippen molar-refractivity contribution >= 4 is 38.9 Å². The highest BCUT2D eigenvalue weighted by Gasteiger charge is 2.31. The summed E-state index contributed by atoms with van der Waals surface area (Å²) in [6.07, 6.45) is 0. The summed E-state index contributed by atoms with van der Waals surface area (Å²) in [6.45, 7) is 3.59. The van der Waals surface area contributed by atoms with E-state index in [1.807, 2.05) is 37.3 Å². The monoisotopic (exact) mass is 427 g/mol. The molecule has 1 unspecified atom stereocenters. The highest BCUT2D eigenvalue weighted by Crippen LogP contribution is 2.28. The predicted octanol–water partition coefficient (Wildman–Crippen LogP) is 2.59. The lowest BCUT2D eigenvalue weighted by Crippen LogP contribution is -2.52. The third-order valence-corrected chi connectivity index (χ3v) is 8.19. The van der Waals surface area contributed by atoms with Crippen LogP contribution in [0.3, 0.4) is 0 Å². The smallest absolute Gasteiger partial charge is 0.252 e. The molecule has 9 heteroatoms. The molecule has 146 valence electrons. The van der Waals surface area contributed by atoms with Crippen LogP contribution in [0.15, 0.2) is 46.7 Å². The average molecular weight is 428 g/mol. The van der Waals surface area contributed by atoms with E-state index in [2.05, 4.69) is 5.32 Å². The van der Waals surface area contributed by atoms with Gasteiger partial charge in [0.05, 0.1) is 10.9 Å². The first-order valence-electron chi connectivity index (χ1n) is 8.69.